The van der Waals surface area contributed by atoms with Crippen molar-refractivity contribution in [3.05, 3.63) is 127 Å². The van der Waals surface area contributed by atoms with Crippen LogP contribution in [-0.4, -0.2) is 44.3 Å². The summed E-state index contributed by atoms with van der Waals surface area (Å²) in [6, 6.07) is 16.5. The normalized spacial score (nSPS) is 11.1. The van der Waals surface area contributed by atoms with Crippen LogP contribution in [0.3, 0.4) is 0 Å². The largest absolute Gasteiger partial charge is 0.461 e. The standard InChI is InChI=1S/C22H26N2O2.C20H21BrN2O2/c1-6-17-10-18-11-20(22(25)26-7-2)24(21(18)23-12-17)13-19-15(4)8-14(3)9-16(19)5;1-5-25-20(24)18-9-15-8-16(21)10-22-19(15)23(18)11-17-13(3)6-12(2)7-14(17)4/h8-12H,6-7,13H2,1-5H3;6-10H,5,11H2,1-4H3. The van der Waals surface area contributed by atoms with Gasteiger partial charge in [0.2, 0.25) is 0 Å². The number of halogens is 1. The van der Waals surface area contributed by atoms with Crippen LogP contribution in [0.5, 0.6) is 0 Å². The zero-order chi connectivity index (χ0) is 37.0. The van der Waals surface area contributed by atoms with Gasteiger partial charge in [-0.2, -0.15) is 0 Å². The fourth-order valence-electron chi connectivity index (χ4n) is 6.81. The van der Waals surface area contributed by atoms with Gasteiger partial charge in [0, 0.05) is 27.6 Å². The maximum absolute atomic E-state index is 12.5. The van der Waals surface area contributed by atoms with Crippen molar-refractivity contribution in [1.29, 1.82) is 0 Å². The molecule has 0 saturated carbocycles. The summed E-state index contributed by atoms with van der Waals surface area (Å²) in [5, 5.41) is 1.90. The number of aryl methyl sites for hydroxylation is 7. The Morgan fingerprint density at radius 2 is 1.02 bits per heavy atom. The summed E-state index contributed by atoms with van der Waals surface area (Å²) in [5.74, 6) is -0.620. The molecule has 0 aliphatic heterocycles. The Morgan fingerprint density at radius 3 is 1.43 bits per heavy atom. The van der Waals surface area contributed by atoms with Gasteiger partial charge >= 0.3 is 11.9 Å². The van der Waals surface area contributed by atoms with E-state index in [-0.39, 0.29) is 11.9 Å². The first kappa shape index (κ1) is 37.5. The first-order valence-electron chi connectivity index (χ1n) is 17.5. The third-order valence-electron chi connectivity index (χ3n) is 9.18. The summed E-state index contributed by atoms with van der Waals surface area (Å²) >= 11 is 3.44. The molecule has 0 amide bonds. The number of esters is 2. The minimum atomic E-state index is -0.320. The average molecular weight is 752 g/mol. The first-order valence-corrected chi connectivity index (χ1v) is 18.2. The molecule has 0 radical (unpaired) electrons. The first-order chi connectivity index (χ1) is 24.3. The second-order valence-corrected chi connectivity index (χ2v) is 14.0. The minimum Gasteiger partial charge on any atom is -0.461 e. The van der Waals surface area contributed by atoms with Crippen LogP contribution >= 0.6 is 15.9 Å². The van der Waals surface area contributed by atoms with E-state index in [4.69, 9.17) is 9.47 Å². The highest BCUT2D eigenvalue weighted by Gasteiger charge is 2.21. The highest BCUT2D eigenvalue weighted by atomic mass is 79.9. The number of ether oxygens (including phenoxy) is 2. The van der Waals surface area contributed by atoms with Crippen molar-refractivity contribution < 1.29 is 19.1 Å². The summed E-state index contributed by atoms with van der Waals surface area (Å²) < 4.78 is 15.3. The molecular formula is C42H47BrN4O4. The molecule has 4 aromatic heterocycles. The Morgan fingerprint density at radius 1 is 0.608 bits per heavy atom. The molecule has 0 saturated heterocycles. The molecule has 9 heteroatoms. The van der Waals surface area contributed by atoms with Crippen molar-refractivity contribution in [3.8, 4) is 0 Å². The van der Waals surface area contributed by atoms with Crippen LogP contribution in [0.1, 0.15) is 91.8 Å². The molecule has 266 valence electrons. The lowest BCUT2D eigenvalue weighted by atomic mass is 10.00. The van der Waals surface area contributed by atoms with Crippen LogP contribution in [-0.2, 0) is 29.0 Å². The number of pyridine rings is 2. The van der Waals surface area contributed by atoms with Crippen molar-refractivity contribution in [3.63, 3.8) is 0 Å². The molecule has 0 unspecified atom stereocenters. The number of benzene rings is 2. The molecule has 2 aromatic carbocycles. The quantitative estimate of drug-likeness (QED) is 0.137. The van der Waals surface area contributed by atoms with Crippen LogP contribution in [0, 0.1) is 41.5 Å². The van der Waals surface area contributed by atoms with Crippen LogP contribution in [0.4, 0.5) is 0 Å². The van der Waals surface area contributed by atoms with Gasteiger partial charge < -0.3 is 18.6 Å². The van der Waals surface area contributed by atoms with E-state index >= 15 is 0 Å². The smallest absolute Gasteiger partial charge is 0.355 e. The van der Waals surface area contributed by atoms with E-state index < -0.39 is 0 Å². The highest BCUT2D eigenvalue weighted by molar-refractivity contribution is 9.10. The fourth-order valence-corrected chi connectivity index (χ4v) is 7.16. The second-order valence-electron chi connectivity index (χ2n) is 13.1. The number of rotatable bonds is 9. The number of fused-ring (bicyclic) bond motifs is 2. The minimum absolute atomic E-state index is 0.300. The van der Waals surface area contributed by atoms with E-state index in [1.807, 2.05) is 47.4 Å². The number of hydrogen-bond acceptors (Lipinski definition) is 6. The predicted octanol–water partition coefficient (Wildman–Crippen LogP) is 9.70. The maximum atomic E-state index is 12.5. The number of aromatic nitrogens is 4. The Balaban J connectivity index is 0.000000198. The zero-order valence-electron chi connectivity index (χ0n) is 31.1. The Bertz CT molecular complexity index is 2200. The molecule has 0 spiro atoms. The maximum Gasteiger partial charge on any atom is 0.355 e. The summed E-state index contributed by atoms with van der Waals surface area (Å²) in [5.41, 5.74) is 13.7. The van der Waals surface area contributed by atoms with Gasteiger partial charge in [0.1, 0.15) is 22.7 Å². The lowest BCUT2D eigenvalue weighted by Gasteiger charge is -2.15. The highest BCUT2D eigenvalue weighted by Crippen LogP contribution is 2.27. The van der Waals surface area contributed by atoms with E-state index in [0.29, 0.717) is 37.7 Å². The van der Waals surface area contributed by atoms with Gasteiger partial charge in [0.25, 0.3) is 0 Å². The van der Waals surface area contributed by atoms with Gasteiger partial charge in [-0.3, -0.25) is 0 Å². The van der Waals surface area contributed by atoms with Gasteiger partial charge in [-0.25, -0.2) is 19.6 Å². The van der Waals surface area contributed by atoms with Gasteiger partial charge in [-0.15, -0.1) is 0 Å². The van der Waals surface area contributed by atoms with Crippen molar-refractivity contribution in [2.24, 2.45) is 0 Å². The molecule has 0 N–H and O–H groups in total. The molecule has 8 nitrogen and oxygen atoms in total. The summed E-state index contributed by atoms with van der Waals surface area (Å²) in [6.07, 6.45) is 4.56. The lowest BCUT2D eigenvalue weighted by molar-refractivity contribution is 0.0505. The zero-order valence-corrected chi connectivity index (χ0v) is 32.7. The predicted molar refractivity (Wildman–Crippen MR) is 208 cm³/mol. The molecule has 0 aliphatic rings. The Hall–Kier alpha value is -4.76. The van der Waals surface area contributed by atoms with E-state index in [9.17, 15) is 9.59 Å². The van der Waals surface area contributed by atoms with E-state index in [1.54, 1.807) is 6.20 Å². The molecule has 6 rings (SSSR count). The fraction of sp³-hybridized carbons (Fsp3) is 0.333. The van der Waals surface area contributed by atoms with Crippen LogP contribution in [0.25, 0.3) is 22.1 Å². The molecule has 0 aliphatic carbocycles. The van der Waals surface area contributed by atoms with Crippen LogP contribution in [0.2, 0.25) is 0 Å². The van der Waals surface area contributed by atoms with Gasteiger partial charge in [-0.05, 0) is 141 Å². The Labute approximate surface area is 309 Å². The number of carbonyl (C=O) groups is 2. The summed E-state index contributed by atoms with van der Waals surface area (Å²) in [4.78, 5) is 34.2. The van der Waals surface area contributed by atoms with E-state index in [2.05, 4.69) is 105 Å². The third kappa shape index (κ3) is 8.25. The van der Waals surface area contributed by atoms with Crippen LogP contribution in [0.15, 0.2) is 65.4 Å². The SMILES string of the molecule is CCOC(=O)c1cc2cc(Br)cnc2n1Cc1c(C)cc(C)cc1C.CCOC(=O)c1cc2cc(CC)cnc2n1Cc1c(C)cc(C)cc1C. The number of hydrogen-bond donors (Lipinski definition) is 0. The topological polar surface area (TPSA) is 88.2 Å². The molecular weight excluding hydrogens is 704 g/mol. The van der Waals surface area contributed by atoms with Crippen molar-refractivity contribution in [1.82, 2.24) is 19.1 Å². The van der Waals surface area contributed by atoms with Gasteiger partial charge in [0.05, 0.1) is 26.3 Å². The Kier molecular flexibility index (Phi) is 11.8. The number of carbonyl (C=O) groups excluding carboxylic acids is 2. The lowest BCUT2D eigenvalue weighted by Crippen LogP contribution is -2.14. The molecule has 6 aromatic rings. The third-order valence-corrected chi connectivity index (χ3v) is 9.62. The molecule has 51 heavy (non-hydrogen) atoms. The summed E-state index contributed by atoms with van der Waals surface area (Å²) in [6.45, 7) is 20.3. The van der Waals surface area contributed by atoms with Gasteiger partial charge in [0.15, 0.2) is 0 Å². The van der Waals surface area contributed by atoms with Crippen molar-refractivity contribution in [2.75, 3.05) is 13.2 Å². The molecule has 4 heterocycles. The second kappa shape index (κ2) is 16.1. The number of nitrogens with zero attached hydrogens (tertiary/aromatic N) is 4. The molecule has 0 atom stereocenters. The van der Waals surface area contributed by atoms with Crippen molar-refractivity contribution >= 4 is 49.9 Å². The van der Waals surface area contributed by atoms with E-state index in [0.717, 1.165) is 38.5 Å². The van der Waals surface area contributed by atoms with Gasteiger partial charge in [-0.1, -0.05) is 42.3 Å². The average Bonchev–Trinajstić information content (AvgIpc) is 3.62. The molecule has 0 bridgehead atoms. The monoisotopic (exact) mass is 750 g/mol. The van der Waals surface area contributed by atoms with Crippen molar-refractivity contribution in [2.45, 2.75) is 81.8 Å². The summed E-state index contributed by atoms with van der Waals surface area (Å²) in [7, 11) is 0. The molecule has 0 fully saturated rings. The van der Waals surface area contributed by atoms with E-state index in [1.165, 1.54) is 44.5 Å². The van der Waals surface area contributed by atoms with Crippen LogP contribution < -0.4 is 0 Å².